The Morgan fingerprint density at radius 3 is 2.77 bits per heavy atom. The van der Waals surface area contributed by atoms with Crippen molar-refractivity contribution < 1.29 is 9.53 Å². The molecule has 0 saturated heterocycles. The van der Waals surface area contributed by atoms with Crippen LogP contribution >= 0.6 is 0 Å². The number of nitrogens with zero attached hydrogens (tertiary/aromatic N) is 1. The summed E-state index contributed by atoms with van der Waals surface area (Å²) in [6.07, 6.45) is 0.873. The molecule has 1 aliphatic rings. The lowest BCUT2D eigenvalue weighted by molar-refractivity contribution is 0.101. The molecule has 0 fully saturated rings. The van der Waals surface area contributed by atoms with E-state index in [4.69, 9.17) is 4.74 Å². The van der Waals surface area contributed by atoms with Gasteiger partial charge in [0, 0.05) is 53.9 Å². The number of benzene rings is 2. The van der Waals surface area contributed by atoms with Crippen LogP contribution in [0.25, 0.3) is 10.9 Å². The average Bonchev–Trinajstić information content (AvgIpc) is 2.82. The number of anilines is 1. The van der Waals surface area contributed by atoms with Crippen molar-refractivity contribution in [1.29, 1.82) is 0 Å². The molecule has 26 heavy (non-hydrogen) atoms. The summed E-state index contributed by atoms with van der Waals surface area (Å²) in [7, 11) is 1.64. The number of fused-ring (bicyclic) bond motifs is 3. The first-order valence-corrected chi connectivity index (χ1v) is 9.00. The summed E-state index contributed by atoms with van der Waals surface area (Å²) < 4.78 is 7.47. The first-order chi connectivity index (χ1) is 12.8. The molecule has 1 aliphatic heterocycles. The fraction of sp³-hybridized carbons (Fsp3) is 0.286. The van der Waals surface area contributed by atoms with Crippen molar-refractivity contribution in [2.24, 2.45) is 0 Å². The highest BCUT2D eigenvalue weighted by Gasteiger charge is 2.22. The third-order valence-electron chi connectivity index (χ3n) is 4.95. The van der Waals surface area contributed by atoms with Crippen LogP contribution in [0.2, 0.25) is 0 Å². The van der Waals surface area contributed by atoms with Crippen LogP contribution in [0.15, 0.2) is 48.5 Å². The fourth-order valence-corrected chi connectivity index (χ4v) is 3.68. The zero-order valence-electron chi connectivity index (χ0n) is 14.9. The van der Waals surface area contributed by atoms with Crippen molar-refractivity contribution in [1.82, 2.24) is 9.88 Å². The van der Waals surface area contributed by atoms with E-state index in [0.29, 0.717) is 0 Å². The summed E-state index contributed by atoms with van der Waals surface area (Å²) in [5, 5.41) is 7.72. The molecule has 0 aliphatic carbocycles. The minimum atomic E-state index is 0.132. The molecule has 134 valence electrons. The number of hydrogen-bond donors (Lipinski definition) is 2. The Kier molecular flexibility index (Phi) is 4.63. The van der Waals surface area contributed by atoms with Crippen LogP contribution in [0.1, 0.15) is 16.1 Å². The molecule has 4 rings (SSSR count). The Morgan fingerprint density at radius 1 is 1.15 bits per heavy atom. The van der Waals surface area contributed by atoms with Crippen LogP contribution in [0.3, 0.4) is 0 Å². The van der Waals surface area contributed by atoms with Crippen molar-refractivity contribution in [3.05, 3.63) is 59.8 Å². The van der Waals surface area contributed by atoms with Crippen molar-refractivity contribution in [2.75, 3.05) is 32.1 Å². The number of hydrogen-bond acceptors (Lipinski definition) is 4. The van der Waals surface area contributed by atoms with Gasteiger partial charge in [-0.2, -0.15) is 0 Å². The SMILES string of the molecule is COc1ccc(NCC(=O)c2c3n(c4ccccc24)CCNCC3)cc1. The maximum Gasteiger partial charge on any atom is 0.184 e. The second-order valence-corrected chi connectivity index (χ2v) is 6.50. The molecule has 0 radical (unpaired) electrons. The van der Waals surface area contributed by atoms with Gasteiger partial charge in [0.05, 0.1) is 13.7 Å². The van der Waals surface area contributed by atoms with Crippen molar-refractivity contribution in [2.45, 2.75) is 13.0 Å². The Bertz CT molecular complexity index is 928. The molecule has 2 heterocycles. The zero-order valence-corrected chi connectivity index (χ0v) is 14.9. The lowest BCUT2D eigenvalue weighted by atomic mass is 10.0. The summed E-state index contributed by atoms with van der Waals surface area (Å²) in [6, 6.07) is 15.8. The Labute approximate surface area is 153 Å². The molecule has 0 saturated carbocycles. The number of aromatic nitrogens is 1. The topological polar surface area (TPSA) is 55.3 Å². The van der Waals surface area contributed by atoms with Gasteiger partial charge in [0.25, 0.3) is 0 Å². The standard InChI is InChI=1S/C21H23N3O2/c1-26-16-8-6-15(7-9-16)23-14-20(25)21-17-4-2-3-5-18(17)24-13-12-22-11-10-19(21)24/h2-9,22-23H,10-14H2,1H3. The number of ether oxygens (including phenoxy) is 1. The van der Waals surface area contributed by atoms with Gasteiger partial charge >= 0.3 is 0 Å². The second-order valence-electron chi connectivity index (χ2n) is 6.50. The molecule has 3 aromatic rings. The quantitative estimate of drug-likeness (QED) is 0.695. The molecule has 0 unspecified atom stereocenters. The molecule has 0 atom stereocenters. The summed E-state index contributed by atoms with van der Waals surface area (Å²) in [5.74, 6) is 0.936. The molecule has 0 spiro atoms. The first kappa shape index (κ1) is 16.7. The molecule has 0 amide bonds. The highest BCUT2D eigenvalue weighted by atomic mass is 16.5. The predicted octanol–water partition coefficient (Wildman–Crippen LogP) is 3.09. The monoisotopic (exact) mass is 349 g/mol. The van der Waals surface area contributed by atoms with E-state index in [2.05, 4.69) is 27.3 Å². The maximum absolute atomic E-state index is 13.1. The average molecular weight is 349 g/mol. The van der Waals surface area contributed by atoms with Gasteiger partial charge < -0.3 is 19.9 Å². The van der Waals surface area contributed by atoms with E-state index in [0.717, 1.165) is 59.7 Å². The normalized spacial score (nSPS) is 13.9. The number of rotatable bonds is 5. The van der Waals surface area contributed by atoms with E-state index in [-0.39, 0.29) is 12.3 Å². The zero-order chi connectivity index (χ0) is 17.9. The van der Waals surface area contributed by atoms with E-state index in [9.17, 15) is 4.79 Å². The van der Waals surface area contributed by atoms with E-state index >= 15 is 0 Å². The van der Waals surface area contributed by atoms with Gasteiger partial charge in [-0.25, -0.2) is 0 Å². The summed E-state index contributed by atoms with van der Waals surface area (Å²) in [5.41, 5.74) is 4.08. The molecular formula is C21H23N3O2. The summed E-state index contributed by atoms with van der Waals surface area (Å²) in [6.45, 7) is 3.02. The Morgan fingerprint density at radius 2 is 1.96 bits per heavy atom. The summed E-state index contributed by atoms with van der Waals surface area (Å²) in [4.78, 5) is 13.1. The number of carbonyl (C=O) groups excluding carboxylic acids is 1. The Balaban J connectivity index is 1.62. The third kappa shape index (κ3) is 3.06. The van der Waals surface area contributed by atoms with Crippen molar-refractivity contribution in [3.63, 3.8) is 0 Å². The molecule has 2 aromatic carbocycles. The number of Topliss-reactive ketones (excluding diaryl/α,β-unsaturated/α-hetero) is 1. The number of nitrogens with one attached hydrogen (secondary N) is 2. The van der Waals surface area contributed by atoms with Crippen LogP contribution in [0, 0.1) is 0 Å². The minimum Gasteiger partial charge on any atom is -0.497 e. The molecule has 2 N–H and O–H groups in total. The van der Waals surface area contributed by atoms with Gasteiger partial charge in [-0.05, 0) is 30.3 Å². The molecule has 1 aromatic heterocycles. The highest BCUT2D eigenvalue weighted by Crippen LogP contribution is 2.28. The number of ketones is 1. The molecule has 5 heteroatoms. The predicted molar refractivity (Wildman–Crippen MR) is 104 cm³/mol. The number of carbonyl (C=O) groups is 1. The molecule has 5 nitrogen and oxygen atoms in total. The first-order valence-electron chi connectivity index (χ1n) is 9.00. The fourth-order valence-electron chi connectivity index (χ4n) is 3.68. The number of para-hydroxylation sites is 1. The van der Waals surface area contributed by atoms with Crippen LogP contribution in [-0.4, -0.2) is 37.1 Å². The van der Waals surface area contributed by atoms with Crippen LogP contribution in [-0.2, 0) is 13.0 Å². The molecule has 0 bridgehead atoms. The van der Waals surface area contributed by atoms with Gasteiger partial charge in [0.1, 0.15) is 5.75 Å². The van der Waals surface area contributed by atoms with Gasteiger partial charge in [-0.1, -0.05) is 18.2 Å². The maximum atomic E-state index is 13.1. The largest absolute Gasteiger partial charge is 0.497 e. The van der Waals surface area contributed by atoms with Gasteiger partial charge in [0.15, 0.2) is 5.78 Å². The van der Waals surface area contributed by atoms with Crippen LogP contribution < -0.4 is 15.4 Å². The van der Waals surface area contributed by atoms with Gasteiger partial charge in [-0.3, -0.25) is 4.79 Å². The van der Waals surface area contributed by atoms with Crippen molar-refractivity contribution in [3.8, 4) is 5.75 Å². The van der Waals surface area contributed by atoms with E-state index < -0.39 is 0 Å². The smallest absolute Gasteiger partial charge is 0.184 e. The Hall–Kier alpha value is -2.79. The highest BCUT2D eigenvalue weighted by molar-refractivity contribution is 6.11. The van der Waals surface area contributed by atoms with E-state index in [1.165, 1.54) is 0 Å². The third-order valence-corrected chi connectivity index (χ3v) is 4.95. The molecular weight excluding hydrogens is 326 g/mol. The van der Waals surface area contributed by atoms with Crippen molar-refractivity contribution >= 4 is 22.4 Å². The van der Waals surface area contributed by atoms with Gasteiger partial charge in [-0.15, -0.1) is 0 Å². The minimum absolute atomic E-state index is 0.132. The lowest BCUT2D eigenvalue weighted by Gasteiger charge is -2.09. The van der Waals surface area contributed by atoms with Gasteiger partial charge in [0.2, 0.25) is 0 Å². The second kappa shape index (κ2) is 7.22. The lowest BCUT2D eigenvalue weighted by Crippen LogP contribution is -2.18. The van der Waals surface area contributed by atoms with E-state index in [1.807, 2.05) is 36.4 Å². The van der Waals surface area contributed by atoms with Crippen LogP contribution in [0.5, 0.6) is 5.75 Å². The summed E-state index contributed by atoms with van der Waals surface area (Å²) >= 11 is 0. The van der Waals surface area contributed by atoms with Crippen LogP contribution in [0.4, 0.5) is 5.69 Å². The van der Waals surface area contributed by atoms with E-state index in [1.54, 1.807) is 7.11 Å². The number of methoxy groups -OCH3 is 1.